The maximum atomic E-state index is 11.9. The van der Waals surface area contributed by atoms with Crippen LogP contribution in [0, 0.1) is 13.8 Å². The fourth-order valence-corrected chi connectivity index (χ4v) is 2.05. The molecule has 17 heavy (non-hydrogen) atoms. The Morgan fingerprint density at radius 3 is 2.47 bits per heavy atom. The van der Waals surface area contributed by atoms with Crippen LogP contribution in [0.4, 0.5) is 0 Å². The Kier molecular flexibility index (Phi) is 4.44. The fraction of sp³-hybridized carbons (Fsp3) is 0.429. The molecule has 1 rings (SSSR count). The van der Waals surface area contributed by atoms with Gasteiger partial charge in [-0.1, -0.05) is 13.0 Å². The van der Waals surface area contributed by atoms with Crippen LogP contribution in [0.5, 0.6) is 0 Å². The van der Waals surface area contributed by atoms with Gasteiger partial charge in [0.1, 0.15) is 5.76 Å². The second-order valence-corrected chi connectivity index (χ2v) is 3.84. The first-order valence-electron chi connectivity index (χ1n) is 5.85. The van der Waals surface area contributed by atoms with Crippen molar-refractivity contribution in [2.75, 3.05) is 0 Å². The summed E-state index contributed by atoms with van der Waals surface area (Å²) in [5, 5.41) is 0. The first-order chi connectivity index (χ1) is 8.06. The number of hydrogen-bond donors (Lipinski definition) is 0. The second-order valence-electron chi connectivity index (χ2n) is 3.84. The van der Waals surface area contributed by atoms with E-state index in [1.54, 1.807) is 6.21 Å². The number of aliphatic imine (C=N–C) groups is 1. The van der Waals surface area contributed by atoms with Crippen LogP contribution in [0.2, 0.25) is 0 Å². The van der Waals surface area contributed by atoms with Crippen LogP contribution < -0.4 is 5.63 Å². The molecule has 0 spiro atoms. The van der Waals surface area contributed by atoms with E-state index in [0.29, 0.717) is 17.0 Å². The molecule has 0 unspecified atom stereocenters. The summed E-state index contributed by atoms with van der Waals surface area (Å²) in [4.78, 5) is 16.1. The zero-order valence-corrected chi connectivity index (χ0v) is 11.1. The molecule has 0 aliphatic carbocycles. The van der Waals surface area contributed by atoms with Crippen molar-refractivity contribution < 1.29 is 4.42 Å². The maximum absolute atomic E-state index is 11.9. The van der Waals surface area contributed by atoms with Gasteiger partial charge in [-0.05, 0) is 45.2 Å². The Morgan fingerprint density at radius 1 is 1.35 bits per heavy atom. The third-order valence-corrected chi connectivity index (χ3v) is 2.85. The summed E-state index contributed by atoms with van der Waals surface area (Å²) in [6, 6.07) is 0. The lowest BCUT2D eigenvalue weighted by Gasteiger charge is -2.11. The van der Waals surface area contributed by atoms with Crippen LogP contribution in [-0.4, -0.2) is 6.21 Å². The van der Waals surface area contributed by atoms with Gasteiger partial charge in [-0.25, -0.2) is 4.79 Å². The highest BCUT2D eigenvalue weighted by Gasteiger charge is 2.15. The number of aryl methyl sites for hydroxylation is 1. The van der Waals surface area contributed by atoms with Crippen molar-refractivity contribution >= 4 is 11.9 Å². The van der Waals surface area contributed by atoms with Crippen molar-refractivity contribution in [2.24, 2.45) is 4.99 Å². The van der Waals surface area contributed by atoms with E-state index in [9.17, 15) is 4.79 Å². The molecule has 0 aliphatic heterocycles. The van der Waals surface area contributed by atoms with Gasteiger partial charge in [0.2, 0.25) is 0 Å². The van der Waals surface area contributed by atoms with Crippen LogP contribution in [-0.2, 0) is 6.42 Å². The maximum Gasteiger partial charge on any atom is 0.345 e. The lowest BCUT2D eigenvalue weighted by atomic mass is 10.00. The molecule has 0 saturated heterocycles. The fourth-order valence-electron chi connectivity index (χ4n) is 2.05. The van der Waals surface area contributed by atoms with Gasteiger partial charge in [-0.15, -0.1) is 0 Å². The zero-order valence-electron chi connectivity index (χ0n) is 11.1. The van der Waals surface area contributed by atoms with Gasteiger partial charge in [0.15, 0.2) is 0 Å². The summed E-state index contributed by atoms with van der Waals surface area (Å²) in [6.07, 6.45) is 4.36. The molecule has 1 heterocycles. The van der Waals surface area contributed by atoms with E-state index in [-0.39, 0.29) is 5.63 Å². The van der Waals surface area contributed by atoms with Gasteiger partial charge in [-0.3, -0.25) is 4.99 Å². The minimum absolute atomic E-state index is 0.309. The van der Waals surface area contributed by atoms with E-state index in [1.807, 2.05) is 33.8 Å². The van der Waals surface area contributed by atoms with Gasteiger partial charge < -0.3 is 4.42 Å². The van der Waals surface area contributed by atoms with Gasteiger partial charge in [0.05, 0.1) is 11.3 Å². The molecule has 0 aliphatic rings. The first-order valence-corrected chi connectivity index (χ1v) is 5.85. The van der Waals surface area contributed by atoms with E-state index in [1.165, 1.54) is 0 Å². The molecule has 3 nitrogen and oxygen atoms in total. The largest absolute Gasteiger partial charge is 0.427 e. The van der Waals surface area contributed by atoms with Gasteiger partial charge >= 0.3 is 5.63 Å². The number of nitrogens with zero attached hydrogens (tertiary/aromatic N) is 1. The van der Waals surface area contributed by atoms with Gasteiger partial charge in [0.25, 0.3) is 0 Å². The lowest BCUT2D eigenvalue weighted by molar-refractivity contribution is 0.469. The van der Waals surface area contributed by atoms with Gasteiger partial charge in [0, 0.05) is 6.21 Å². The van der Waals surface area contributed by atoms with Crippen molar-refractivity contribution in [3.63, 3.8) is 0 Å². The van der Waals surface area contributed by atoms with Crippen molar-refractivity contribution in [1.82, 2.24) is 0 Å². The van der Waals surface area contributed by atoms with Crippen LogP contribution in [0.1, 0.15) is 43.2 Å². The molecule has 0 N–H and O–H groups in total. The van der Waals surface area contributed by atoms with Crippen LogP contribution >= 0.6 is 0 Å². The Hall–Kier alpha value is -1.64. The highest BCUT2D eigenvalue weighted by molar-refractivity contribution is 5.74. The van der Waals surface area contributed by atoms with Crippen molar-refractivity contribution in [3.05, 3.63) is 38.9 Å². The quantitative estimate of drug-likeness (QED) is 0.752. The average Bonchev–Trinajstić information content (AvgIpc) is 2.27. The van der Waals surface area contributed by atoms with Crippen LogP contribution in [0.25, 0.3) is 5.70 Å². The topological polar surface area (TPSA) is 42.6 Å². The first kappa shape index (κ1) is 13.4. The van der Waals surface area contributed by atoms with Crippen molar-refractivity contribution in [1.29, 1.82) is 0 Å². The third-order valence-electron chi connectivity index (χ3n) is 2.85. The van der Waals surface area contributed by atoms with E-state index < -0.39 is 0 Å². The molecular weight excluding hydrogens is 214 g/mol. The molecule has 1 aromatic rings. The molecule has 0 bridgehead atoms. The normalized spacial score (nSPS) is 12.4. The molecule has 0 fully saturated rings. The Balaban J connectivity index is 3.59. The summed E-state index contributed by atoms with van der Waals surface area (Å²) in [7, 11) is 0. The Labute approximate surface area is 102 Å². The van der Waals surface area contributed by atoms with Crippen molar-refractivity contribution in [2.45, 2.75) is 41.0 Å². The summed E-state index contributed by atoms with van der Waals surface area (Å²) in [5.74, 6) is 0.703. The van der Waals surface area contributed by atoms with Crippen molar-refractivity contribution in [3.8, 4) is 0 Å². The SMILES string of the molecule is C/C=N\C(=C/C)c1c(C)c(CC)c(C)oc1=O. The summed E-state index contributed by atoms with van der Waals surface area (Å²) in [5.41, 5.74) is 3.00. The molecule has 0 saturated carbocycles. The van der Waals surface area contributed by atoms with Gasteiger partial charge in [-0.2, -0.15) is 0 Å². The predicted molar refractivity (Wildman–Crippen MR) is 71.6 cm³/mol. The smallest absolute Gasteiger partial charge is 0.345 e. The second kappa shape index (κ2) is 5.62. The monoisotopic (exact) mass is 233 g/mol. The third kappa shape index (κ3) is 2.54. The standard InChI is InChI=1S/C14H19NO2/c1-6-11-9(4)13(12(7-2)15-8-3)14(16)17-10(11)5/h7-8H,6H2,1-5H3/b12-7-,15-8-. The van der Waals surface area contributed by atoms with E-state index >= 15 is 0 Å². The number of hydrogen-bond acceptors (Lipinski definition) is 3. The van der Waals surface area contributed by atoms with E-state index in [2.05, 4.69) is 11.9 Å². The molecular formula is C14H19NO2. The molecule has 3 heteroatoms. The summed E-state index contributed by atoms with van der Waals surface area (Å²) < 4.78 is 5.27. The molecule has 92 valence electrons. The summed E-state index contributed by atoms with van der Waals surface area (Å²) >= 11 is 0. The predicted octanol–water partition coefficient (Wildman–Crippen LogP) is 3.27. The highest BCUT2D eigenvalue weighted by atomic mass is 16.4. The average molecular weight is 233 g/mol. The van der Waals surface area contributed by atoms with Crippen LogP contribution in [0.3, 0.4) is 0 Å². The summed E-state index contributed by atoms with van der Waals surface area (Å²) in [6.45, 7) is 9.53. The van der Waals surface area contributed by atoms with E-state index in [0.717, 1.165) is 17.5 Å². The molecule has 0 aromatic carbocycles. The zero-order chi connectivity index (χ0) is 13.0. The lowest BCUT2D eigenvalue weighted by Crippen LogP contribution is -2.12. The van der Waals surface area contributed by atoms with E-state index in [4.69, 9.17) is 4.42 Å². The molecule has 1 aromatic heterocycles. The Morgan fingerprint density at radius 2 is 2.00 bits per heavy atom. The molecule has 0 radical (unpaired) electrons. The number of allylic oxidation sites excluding steroid dienone is 1. The molecule has 0 amide bonds. The Bertz CT molecular complexity index is 522. The van der Waals surface area contributed by atoms with Crippen LogP contribution in [0.15, 0.2) is 20.3 Å². The minimum atomic E-state index is -0.309. The highest BCUT2D eigenvalue weighted by Crippen LogP contribution is 2.22. The number of rotatable bonds is 3. The molecule has 0 atom stereocenters. The minimum Gasteiger partial charge on any atom is -0.427 e.